The molecule has 17 heavy (non-hydrogen) atoms. The van der Waals surface area contributed by atoms with Gasteiger partial charge in [0.15, 0.2) is 0 Å². The molecule has 2 aromatic carbocycles. The summed E-state index contributed by atoms with van der Waals surface area (Å²) in [4.78, 5) is 2.70. The Morgan fingerprint density at radius 1 is 1.06 bits per heavy atom. The van der Waals surface area contributed by atoms with Gasteiger partial charge in [0.25, 0.3) is 0 Å². The fourth-order valence-corrected chi connectivity index (χ4v) is 1.46. The summed E-state index contributed by atoms with van der Waals surface area (Å²) < 4.78 is 5.58. The van der Waals surface area contributed by atoms with Crippen molar-refractivity contribution in [1.82, 2.24) is 0 Å². The van der Waals surface area contributed by atoms with Gasteiger partial charge in [-0.2, -0.15) is 0 Å². The molecule has 0 aliphatic rings. The predicted molar refractivity (Wildman–Crippen MR) is 66.8 cm³/mol. The van der Waals surface area contributed by atoms with Gasteiger partial charge in [0.1, 0.15) is 11.5 Å². The maximum absolute atomic E-state index is 8.27. The summed E-state index contributed by atoms with van der Waals surface area (Å²) in [5.74, 6) is 1.22. The molecule has 0 spiro atoms. The summed E-state index contributed by atoms with van der Waals surface area (Å²) in [7, 11) is 0. The molecule has 0 heterocycles. The molecule has 0 amide bonds. The monoisotopic (exact) mass is 245 g/mol. The van der Waals surface area contributed by atoms with E-state index in [9.17, 15) is 0 Å². The molecule has 0 atom stereocenters. The minimum absolute atomic E-state index is 0.541. The molecule has 4 nitrogen and oxygen atoms in total. The van der Waals surface area contributed by atoms with Crippen LogP contribution in [0, 0.1) is 0 Å². The molecule has 0 saturated carbocycles. The summed E-state index contributed by atoms with van der Waals surface area (Å²) in [6, 6.07) is 14.0. The number of nitrogens with zero attached hydrogens (tertiary/aromatic N) is 3. The van der Waals surface area contributed by atoms with Crippen LogP contribution in [0.1, 0.15) is 0 Å². The third kappa shape index (κ3) is 2.91. The number of hydrogen-bond donors (Lipinski definition) is 0. The Bertz CT molecular complexity index is 562. The van der Waals surface area contributed by atoms with Crippen LogP contribution < -0.4 is 4.74 Å². The summed E-state index contributed by atoms with van der Waals surface area (Å²) >= 11 is 5.96. The molecule has 0 aliphatic heterocycles. The van der Waals surface area contributed by atoms with Crippen LogP contribution in [0.3, 0.4) is 0 Å². The third-order valence-electron chi connectivity index (χ3n) is 2.06. The van der Waals surface area contributed by atoms with Crippen molar-refractivity contribution in [3.05, 3.63) is 64.0 Å². The third-order valence-corrected chi connectivity index (χ3v) is 2.37. The quantitative estimate of drug-likeness (QED) is 0.423. The maximum Gasteiger partial charge on any atom is 0.146 e. The molecule has 0 unspecified atom stereocenters. The zero-order valence-electron chi connectivity index (χ0n) is 8.75. The van der Waals surface area contributed by atoms with Gasteiger partial charge >= 0.3 is 0 Å². The summed E-state index contributed by atoms with van der Waals surface area (Å²) in [5.41, 5.74) is 8.81. The zero-order valence-corrected chi connectivity index (χ0v) is 9.50. The minimum atomic E-state index is 0.541. The van der Waals surface area contributed by atoms with Gasteiger partial charge < -0.3 is 4.74 Å². The Labute approximate surface area is 103 Å². The van der Waals surface area contributed by atoms with E-state index in [1.165, 1.54) is 0 Å². The van der Waals surface area contributed by atoms with Gasteiger partial charge in [-0.1, -0.05) is 28.8 Å². The number of hydrogen-bond acceptors (Lipinski definition) is 2. The first-order valence-electron chi connectivity index (χ1n) is 4.87. The van der Waals surface area contributed by atoms with E-state index in [2.05, 4.69) is 10.0 Å². The number of ether oxygens (including phenoxy) is 1. The van der Waals surface area contributed by atoms with Crippen molar-refractivity contribution in [2.24, 2.45) is 5.11 Å². The maximum atomic E-state index is 8.27. The highest BCUT2D eigenvalue weighted by Gasteiger charge is 2.01. The van der Waals surface area contributed by atoms with E-state index in [1.54, 1.807) is 36.4 Å². The molecular formula is C12H8ClN3O. The predicted octanol–water partition coefficient (Wildman–Crippen LogP) is 5.07. The molecule has 0 fully saturated rings. The number of halogens is 1. The molecule has 2 aromatic rings. The number of para-hydroxylation sites is 1. The van der Waals surface area contributed by atoms with E-state index in [4.69, 9.17) is 21.9 Å². The zero-order chi connectivity index (χ0) is 12.1. The van der Waals surface area contributed by atoms with Crippen LogP contribution in [0.4, 0.5) is 5.69 Å². The normalized spacial score (nSPS) is 9.47. The average molecular weight is 246 g/mol. The van der Waals surface area contributed by atoms with Crippen LogP contribution in [0.2, 0.25) is 5.02 Å². The van der Waals surface area contributed by atoms with Crippen molar-refractivity contribution in [3.63, 3.8) is 0 Å². The largest absolute Gasteiger partial charge is 0.456 e. The Kier molecular flexibility index (Phi) is 3.50. The Morgan fingerprint density at radius 2 is 1.76 bits per heavy atom. The van der Waals surface area contributed by atoms with Crippen molar-refractivity contribution < 1.29 is 4.74 Å². The number of azide groups is 1. The molecular weight excluding hydrogens is 238 g/mol. The first-order chi connectivity index (χ1) is 8.29. The van der Waals surface area contributed by atoms with Gasteiger partial charge in [-0.3, -0.25) is 0 Å². The van der Waals surface area contributed by atoms with Crippen LogP contribution in [0.5, 0.6) is 11.5 Å². The lowest BCUT2D eigenvalue weighted by Gasteiger charge is -2.06. The summed E-state index contributed by atoms with van der Waals surface area (Å²) in [5, 5.41) is 4.02. The van der Waals surface area contributed by atoms with Gasteiger partial charge in [0.05, 0.1) is 5.02 Å². The molecule has 0 N–H and O–H groups in total. The second-order valence-electron chi connectivity index (χ2n) is 3.22. The fourth-order valence-electron chi connectivity index (χ4n) is 1.29. The molecule has 0 aliphatic carbocycles. The molecule has 0 saturated heterocycles. The van der Waals surface area contributed by atoms with E-state index in [0.717, 1.165) is 0 Å². The van der Waals surface area contributed by atoms with Crippen LogP contribution in [-0.2, 0) is 0 Å². The van der Waals surface area contributed by atoms with Crippen molar-refractivity contribution in [2.75, 3.05) is 0 Å². The first-order valence-corrected chi connectivity index (χ1v) is 5.25. The van der Waals surface area contributed by atoms with Gasteiger partial charge in [-0.25, -0.2) is 0 Å². The molecule has 0 aromatic heterocycles. The second-order valence-corrected chi connectivity index (χ2v) is 3.62. The summed E-state index contributed by atoms with van der Waals surface area (Å²) in [6.45, 7) is 0. The number of benzene rings is 2. The van der Waals surface area contributed by atoms with E-state index < -0.39 is 0 Å². The molecule has 5 heteroatoms. The van der Waals surface area contributed by atoms with Crippen molar-refractivity contribution in [2.45, 2.75) is 0 Å². The van der Waals surface area contributed by atoms with Crippen molar-refractivity contribution in [3.8, 4) is 11.5 Å². The van der Waals surface area contributed by atoms with Crippen LogP contribution in [0.25, 0.3) is 10.4 Å². The van der Waals surface area contributed by atoms with Gasteiger partial charge in [-0.15, -0.1) is 0 Å². The Hall–Kier alpha value is -2.16. The SMILES string of the molecule is [N-]=[N+]=Nc1ccc(Oc2ccccc2Cl)cc1. The Balaban J connectivity index is 2.19. The van der Waals surface area contributed by atoms with E-state index in [0.29, 0.717) is 22.2 Å². The highest BCUT2D eigenvalue weighted by Crippen LogP contribution is 2.29. The van der Waals surface area contributed by atoms with Gasteiger partial charge in [-0.05, 0) is 41.9 Å². The minimum Gasteiger partial charge on any atom is -0.456 e. The average Bonchev–Trinajstić information content (AvgIpc) is 2.35. The van der Waals surface area contributed by atoms with Crippen molar-refractivity contribution in [1.29, 1.82) is 0 Å². The lowest BCUT2D eigenvalue weighted by Crippen LogP contribution is -1.83. The standard InChI is InChI=1S/C12H8ClN3O/c13-11-3-1-2-4-12(11)17-10-7-5-9(6-8-10)15-16-14/h1-8H. The fraction of sp³-hybridized carbons (Fsp3) is 0. The van der Waals surface area contributed by atoms with Gasteiger partial charge in [0.2, 0.25) is 0 Å². The highest BCUT2D eigenvalue weighted by atomic mass is 35.5. The van der Waals surface area contributed by atoms with E-state index in [-0.39, 0.29) is 0 Å². The second kappa shape index (κ2) is 5.25. The summed E-state index contributed by atoms with van der Waals surface area (Å²) in [6.07, 6.45) is 0. The lowest BCUT2D eigenvalue weighted by molar-refractivity contribution is 0.483. The number of rotatable bonds is 3. The first kappa shape index (κ1) is 11.3. The van der Waals surface area contributed by atoms with Crippen LogP contribution >= 0.6 is 11.6 Å². The van der Waals surface area contributed by atoms with Crippen LogP contribution in [0.15, 0.2) is 53.6 Å². The van der Waals surface area contributed by atoms with Crippen molar-refractivity contribution >= 4 is 17.3 Å². The molecule has 0 radical (unpaired) electrons. The highest BCUT2D eigenvalue weighted by molar-refractivity contribution is 6.32. The van der Waals surface area contributed by atoms with E-state index in [1.807, 2.05) is 12.1 Å². The molecule has 0 bridgehead atoms. The molecule has 2 rings (SSSR count). The van der Waals surface area contributed by atoms with Gasteiger partial charge in [0, 0.05) is 10.6 Å². The smallest absolute Gasteiger partial charge is 0.146 e. The van der Waals surface area contributed by atoms with E-state index >= 15 is 0 Å². The molecule has 84 valence electrons. The Morgan fingerprint density at radius 3 is 2.41 bits per heavy atom. The van der Waals surface area contributed by atoms with Crippen LogP contribution in [-0.4, -0.2) is 0 Å². The topological polar surface area (TPSA) is 58.0 Å². The lowest BCUT2D eigenvalue weighted by atomic mass is 10.3.